The maximum Gasteiger partial charge on any atom is 0.132 e. The molecule has 0 spiro atoms. The lowest BCUT2D eigenvalue weighted by atomic mass is 9.94. The van der Waals surface area contributed by atoms with Gasteiger partial charge in [-0.15, -0.1) is 0 Å². The van der Waals surface area contributed by atoms with Crippen molar-refractivity contribution in [3.63, 3.8) is 0 Å². The van der Waals surface area contributed by atoms with Gasteiger partial charge in [-0.3, -0.25) is 0 Å². The molecule has 0 aromatic heterocycles. The van der Waals surface area contributed by atoms with Crippen LogP contribution in [0.25, 0.3) is 0 Å². The third kappa shape index (κ3) is 2.44. The van der Waals surface area contributed by atoms with Crippen LogP contribution < -0.4 is 10.1 Å². The average Bonchev–Trinajstić information content (AvgIpc) is 3.05. The van der Waals surface area contributed by atoms with Crippen LogP contribution in [-0.2, 0) is 0 Å². The van der Waals surface area contributed by atoms with Gasteiger partial charge in [0, 0.05) is 11.1 Å². The van der Waals surface area contributed by atoms with Gasteiger partial charge in [0.05, 0.1) is 6.04 Å². The van der Waals surface area contributed by atoms with Gasteiger partial charge in [0.2, 0.25) is 0 Å². The molecule has 1 aliphatic heterocycles. The quantitative estimate of drug-likeness (QED) is 0.882. The number of benzene rings is 2. The lowest BCUT2D eigenvalue weighted by Crippen LogP contribution is -2.29. The monoisotopic (exact) mass is 279 g/mol. The van der Waals surface area contributed by atoms with Crippen LogP contribution in [0.3, 0.4) is 0 Å². The van der Waals surface area contributed by atoms with Crippen LogP contribution in [0.2, 0.25) is 0 Å². The van der Waals surface area contributed by atoms with E-state index in [0.29, 0.717) is 0 Å². The zero-order chi connectivity index (χ0) is 14.1. The molecule has 1 fully saturated rings. The Morgan fingerprint density at radius 2 is 1.43 bits per heavy atom. The molecular formula is C19H21NO. The van der Waals surface area contributed by atoms with Crippen molar-refractivity contribution in [1.29, 1.82) is 0 Å². The highest BCUT2D eigenvalue weighted by molar-refractivity contribution is 5.52. The number of fused-ring (bicyclic) bond motifs is 2. The van der Waals surface area contributed by atoms with Crippen LogP contribution >= 0.6 is 0 Å². The summed E-state index contributed by atoms with van der Waals surface area (Å²) in [7, 11) is 0. The van der Waals surface area contributed by atoms with Crippen LogP contribution in [0.15, 0.2) is 48.5 Å². The number of para-hydroxylation sites is 2. The van der Waals surface area contributed by atoms with Crippen molar-refractivity contribution in [2.45, 2.75) is 31.7 Å². The summed E-state index contributed by atoms with van der Waals surface area (Å²) in [5.74, 6) is 2.81. The highest BCUT2D eigenvalue weighted by Gasteiger charge is 2.27. The molecule has 0 amide bonds. The van der Waals surface area contributed by atoms with Crippen molar-refractivity contribution in [2.24, 2.45) is 5.92 Å². The number of ether oxygens (including phenoxy) is 1. The lowest BCUT2D eigenvalue weighted by Gasteiger charge is -2.29. The second-order valence-electron chi connectivity index (χ2n) is 6.17. The molecule has 2 heteroatoms. The zero-order valence-corrected chi connectivity index (χ0v) is 12.2. The molecule has 21 heavy (non-hydrogen) atoms. The van der Waals surface area contributed by atoms with Gasteiger partial charge in [0.15, 0.2) is 0 Å². The van der Waals surface area contributed by atoms with Crippen molar-refractivity contribution in [3.8, 4) is 11.5 Å². The molecule has 1 saturated carbocycles. The molecule has 0 unspecified atom stereocenters. The van der Waals surface area contributed by atoms with Gasteiger partial charge >= 0.3 is 0 Å². The summed E-state index contributed by atoms with van der Waals surface area (Å²) in [4.78, 5) is 0. The van der Waals surface area contributed by atoms with E-state index in [9.17, 15) is 0 Å². The first-order valence-corrected chi connectivity index (χ1v) is 8.01. The molecular weight excluding hydrogens is 258 g/mol. The molecule has 108 valence electrons. The molecule has 1 aliphatic carbocycles. The van der Waals surface area contributed by atoms with Crippen molar-refractivity contribution in [3.05, 3.63) is 59.7 Å². The number of nitrogens with one attached hydrogen (secondary N) is 1. The lowest BCUT2D eigenvalue weighted by molar-refractivity contribution is 0.407. The summed E-state index contributed by atoms with van der Waals surface area (Å²) < 4.78 is 6.04. The minimum absolute atomic E-state index is 0.256. The second kappa shape index (κ2) is 5.53. The van der Waals surface area contributed by atoms with Crippen molar-refractivity contribution in [2.75, 3.05) is 6.54 Å². The van der Waals surface area contributed by atoms with E-state index in [1.165, 1.54) is 36.8 Å². The van der Waals surface area contributed by atoms with Gasteiger partial charge in [-0.2, -0.15) is 0 Å². The fourth-order valence-corrected chi connectivity index (χ4v) is 3.63. The summed E-state index contributed by atoms with van der Waals surface area (Å²) in [6.45, 7) is 1.10. The van der Waals surface area contributed by atoms with Crippen molar-refractivity contribution in [1.82, 2.24) is 5.32 Å². The smallest absolute Gasteiger partial charge is 0.132 e. The Kier molecular flexibility index (Phi) is 3.40. The molecule has 4 rings (SSSR count). The summed E-state index contributed by atoms with van der Waals surface area (Å²) in [6.07, 6.45) is 5.54. The van der Waals surface area contributed by atoms with E-state index in [1.807, 2.05) is 12.1 Å². The van der Waals surface area contributed by atoms with E-state index >= 15 is 0 Å². The first-order chi connectivity index (χ1) is 10.4. The highest BCUT2D eigenvalue weighted by Crippen LogP contribution is 2.42. The van der Waals surface area contributed by atoms with Crippen molar-refractivity contribution < 1.29 is 4.74 Å². The third-order valence-corrected chi connectivity index (χ3v) is 4.77. The van der Waals surface area contributed by atoms with Gasteiger partial charge in [-0.1, -0.05) is 49.2 Å². The molecule has 2 aromatic carbocycles. The van der Waals surface area contributed by atoms with Gasteiger partial charge in [-0.05, 0) is 37.4 Å². The van der Waals surface area contributed by atoms with E-state index in [2.05, 4.69) is 41.7 Å². The van der Waals surface area contributed by atoms with Gasteiger partial charge in [-0.25, -0.2) is 0 Å². The predicted octanol–water partition coefficient (Wildman–Crippen LogP) is 4.66. The Morgan fingerprint density at radius 3 is 2.05 bits per heavy atom. The molecule has 2 aliphatic rings. The van der Waals surface area contributed by atoms with E-state index in [-0.39, 0.29) is 6.04 Å². The SMILES string of the molecule is c1ccc2c(c1)Oc1ccccc1C2NCC1CCCC1. The summed E-state index contributed by atoms with van der Waals surface area (Å²) in [6, 6.07) is 17.0. The number of hydrogen-bond acceptors (Lipinski definition) is 2. The fourth-order valence-electron chi connectivity index (χ4n) is 3.63. The Labute approximate surface area is 126 Å². The summed E-state index contributed by atoms with van der Waals surface area (Å²) in [5, 5.41) is 3.80. The molecule has 1 heterocycles. The van der Waals surface area contributed by atoms with E-state index in [0.717, 1.165) is 24.0 Å². The molecule has 0 atom stereocenters. The van der Waals surface area contributed by atoms with Gasteiger partial charge in [0.25, 0.3) is 0 Å². The minimum Gasteiger partial charge on any atom is -0.457 e. The first-order valence-electron chi connectivity index (χ1n) is 8.01. The Balaban J connectivity index is 1.64. The molecule has 1 N–H and O–H groups in total. The van der Waals surface area contributed by atoms with E-state index in [4.69, 9.17) is 4.74 Å². The average molecular weight is 279 g/mol. The molecule has 0 saturated heterocycles. The van der Waals surface area contributed by atoms with Gasteiger partial charge in [0.1, 0.15) is 11.5 Å². The largest absolute Gasteiger partial charge is 0.457 e. The van der Waals surface area contributed by atoms with Crippen LogP contribution in [0.5, 0.6) is 11.5 Å². The van der Waals surface area contributed by atoms with Crippen LogP contribution in [0, 0.1) is 5.92 Å². The minimum atomic E-state index is 0.256. The van der Waals surface area contributed by atoms with Crippen molar-refractivity contribution >= 4 is 0 Å². The first kappa shape index (κ1) is 12.9. The van der Waals surface area contributed by atoms with Crippen LogP contribution in [0.1, 0.15) is 42.9 Å². The maximum atomic E-state index is 6.04. The normalized spacial score (nSPS) is 18.1. The molecule has 0 bridgehead atoms. The van der Waals surface area contributed by atoms with E-state index < -0.39 is 0 Å². The summed E-state index contributed by atoms with van der Waals surface area (Å²) in [5.41, 5.74) is 2.52. The Morgan fingerprint density at radius 1 is 0.857 bits per heavy atom. The van der Waals surface area contributed by atoms with Gasteiger partial charge < -0.3 is 10.1 Å². The fraction of sp³-hybridized carbons (Fsp3) is 0.368. The Hall–Kier alpha value is -1.80. The number of hydrogen-bond donors (Lipinski definition) is 1. The zero-order valence-electron chi connectivity index (χ0n) is 12.2. The summed E-state index contributed by atoms with van der Waals surface area (Å²) >= 11 is 0. The molecule has 0 radical (unpaired) electrons. The second-order valence-corrected chi connectivity index (χ2v) is 6.17. The molecule has 2 aromatic rings. The van der Waals surface area contributed by atoms with Crippen LogP contribution in [0.4, 0.5) is 0 Å². The van der Waals surface area contributed by atoms with E-state index in [1.54, 1.807) is 0 Å². The Bertz CT molecular complexity index is 585. The maximum absolute atomic E-state index is 6.04. The van der Waals surface area contributed by atoms with Crippen LogP contribution in [-0.4, -0.2) is 6.54 Å². The predicted molar refractivity (Wildman–Crippen MR) is 84.8 cm³/mol. The third-order valence-electron chi connectivity index (χ3n) is 4.77. The standard InChI is InChI=1S/C19H21NO/c1-2-8-14(7-1)13-20-19-15-9-3-5-11-17(15)21-18-12-6-4-10-16(18)19/h3-6,9-12,14,19-20H,1-2,7-8,13H2. The molecule has 2 nitrogen and oxygen atoms in total. The topological polar surface area (TPSA) is 21.3 Å². The number of rotatable bonds is 3. The highest BCUT2D eigenvalue weighted by atomic mass is 16.5.